The highest BCUT2D eigenvalue weighted by Gasteiger charge is 2.20. The van der Waals surface area contributed by atoms with Crippen LogP contribution in [0.2, 0.25) is 0 Å². The summed E-state index contributed by atoms with van der Waals surface area (Å²) in [6.45, 7) is 4.71. The van der Waals surface area contributed by atoms with Gasteiger partial charge >= 0.3 is 0 Å². The quantitative estimate of drug-likeness (QED) is 0.697. The Morgan fingerprint density at radius 1 is 1.04 bits per heavy atom. The van der Waals surface area contributed by atoms with Crippen LogP contribution in [0.4, 0.5) is 0 Å². The highest BCUT2D eigenvalue weighted by molar-refractivity contribution is 5.94. The molecule has 5 nitrogen and oxygen atoms in total. The van der Waals surface area contributed by atoms with Gasteiger partial charge in [0.1, 0.15) is 0 Å². The molecule has 0 saturated carbocycles. The van der Waals surface area contributed by atoms with Gasteiger partial charge in [-0.15, -0.1) is 12.4 Å². The number of aryl methyl sites for hydroxylation is 1. The molecule has 3 rings (SSSR count). The maximum atomic E-state index is 12.4. The highest BCUT2D eigenvalue weighted by atomic mass is 35.5. The van der Waals surface area contributed by atoms with Gasteiger partial charge in [0.25, 0.3) is 5.91 Å². The fourth-order valence-corrected chi connectivity index (χ4v) is 3.22. The summed E-state index contributed by atoms with van der Waals surface area (Å²) in [5, 5.41) is 9.19. The van der Waals surface area contributed by atoms with Crippen molar-refractivity contribution in [1.82, 2.24) is 16.0 Å². The van der Waals surface area contributed by atoms with Crippen molar-refractivity contribution in [1.29, 1.82) is 0 Å². The van der Waals surface area contributed by atoms with E-state index in [0.29, 0.717) is 18.7 Å². The zero-order valence-corrected chi connectivity index (χ0v) is 17.0. The van der Waals surface area contributed by atoms with Gasteiger partial charge in [-0.25, -0.2) is 0 Å². The van der Waals surface area contributed by atoms with Gasteiger partial charge in [0.15, 0.2) is 0 Å². The standard InChI is InChI=1S/C22H27N3O2.ClH/c1-16-7-9-17(10-8-16)13-24-21(26)19-5-2-4-18(12-19)14-25-22(27)20-6-3-11-23-15-20;/h2,4-5,7-10,12,20,23H,3,6,11,13-15H2,1H3,(H,24,26)(H,25,27);1H. The molecule has 0 aromatic heterocycles. The molecule has 1 atom stereocenters. The monoisotopic (exact) mass is 401 g/mol. The molecule has 2 aromatic carbocycles. The Morgan fingerprint density at radius 2 is 1.79 bits per heavy atom. The first-order chi connectivity index (χ1) is 13.1. The topological polar surface area (TPSA) is 70.2 Å². The van der Waals surface area contributed by atoms with Crippen LogP contribution in [0.1, 0.15) is 39.9 Å². The van der Waals surface area contributed by atoms with Crippen molar-refractivity contribution in [2.24, 2.45) is 5.92 Å². The van der Waals surface area contributed by atoms with E-state index in [1.807, 2.05) is 49.4 Å². The lowest BCUT2D eigenvalue weighted by Crippen LogP contribution is -2.40. The number of nitrogens with one attached hydrogen (secondary N) is 3. The van der Waals surface area contributed by atoms with E-state index in [1.165, 1.54) is 5.56 Å². The number of piperidine rings is 1. The van der Waals surface area contributed by atoms with Crippen molar-refractivity contribution in [3.05, 3.63) is 70.8 Å². The molecule has 28 heavy (non-hydrogen) atoms. The number of hydrogen-bond donors (Lipinski definition) is 3. The molecule has 1 aliphatic rings. The summed E-state index contributed by atoms with van der Waals surface area (Å²) in [5.41, 5.74) is 3.80. The summed E-state index contributed by atoms with van der Waals surface area (Å²) < 4.78 is 0. The van der Waals surface area contributed by atoms with Crippen molar-refractivity contribution in [2.75, 3.05) is 13.1 Å². The summed E-state index contributed by atoms with van der Waals surface area (Å²) >= 11 is 0. The van der Waals surface area contributed by atoms with Crippen molar-refractivity contribution >= 4 is 24.2 Å². The molecule has 0 spiro atoms. The Kier molecular flexibility index (Phi) is 8.48. The molecule has 6 heteroatoms. The van der Waals surface area contributed by atoms with Crippen LogP contribution >= 0.6 is 12.4 Å². The third-order valence-corrected chi connectivity index (χ3v) is 4.90. The average Bonchev–Trinajstić information content (AvgIpc) is 2.72. The van der Waals surface area contributed by atoms with Crippen LogP contribution < -0.4 is 16.0 Å². The molecule has 2 aromatic rings. The Labute approximate surface area is 172 Å². The van der Waals surface area contributed by atoms with Gasteiger partial charge in [0.2, 0.25) is 5.91 Å². The second-order valence-electron chi connectivity index (χ2n) is 7.13. The van der Waals surface area contributed by atoms with Crippen LogP contribution in [0.5, 0.6) is 0 Å². The largest absolute Gasteiger partial charge is 0.352 e. The van der Waals surface area contributed by atoms with Crippen LogP contribution in [0.15, 0.2) is 48.5 Å². The van der Waals surface area contributed by atoms with Crippen molar-refractivity contribution in [2.45, 2.75) is 32.9 Å². The van der Waals surface area contributed by atoms with E-state index in [2.05, 4.69) is 16.0 Å². The maximum Gasteiger partial charge on any atom is 0.251 e. The lowest BCUT2D eigenvalue weighted by Gasteiger charge is -2.21. The average molecular weight is 402 g/mol. The predicted octanol–water partition coefficient (Wildman–Crippen LogP) is 2.96. The fourth-order valence-electron chi connectivity index (χ4n) is 3.22. The van der Waals surface area contributed by atoms with Gasteiger partial charge in [0.05, 0.1) is 5.92 Å². The van der Waals surface area contributed by atoms with Gasteiger partial charge in [-0.05, 0) is 49.6 Å². The van der Waals surface area contributed by atoms with Crippen molar-refractivity contribution in [3.63, 3.8) is 0 Å². The molecule has 2 amide bonds. The molecule has 1 aliphatic heterocycles. The minimum absolute atomic E-state index is 0. The second-order valence-corrected chi connectivity index (χ2v) is 7.13. The molecule has 1 saturated heterocycles. The van der Waals surface area contributed by atoms with Crippen LogP contribution in [-0.2, 0) is 17.9 Å². The highest BCUT2D eigenvalue weighted by Crippen LogP contribution is 2.11. The SMILES string of the molecule is Cc1ccc(CNC(=O)c2cccc(CNC(=O)C3CCCNC3)c2)cc1.Cl. The van der Waals surface area contributed by atoms with E-state index in [-0.39, 0.29) is 30.1 Å². The number of halogens is 1. The van der Waals surface area contributed by atoms with Gasteiger partial charge in [-0.2, -0.15) is 0 Å². The first-order valence-electron chi connectivity index (χ1n) is 9.53. The lowest BCUT2D eigenvalue weighted by atomic mass is 9.99. The molecule has 0 bridgehead atoms. The first kappa shape index (κ1) is 21.9. The van der Waals surface area contributed by atoms with Crippen LogP contribution in [-0.4, -0.2) is 24.9 Å². The Bertz CT molecular complexity index is 787. The molecular weight excluding hydrogens is 374 g/mol. The number of hydrogen-bond acceptors (Lipinski definition) is 3. The number of amides is 2. The van der Waals surface area contributed by atoms with Crippen molar-refractivity contribution < 1.29 is 9.59 Å². The van der Waals surface area contributed by atoms with Gasteiger partial charge in [-0.1, -0.05) is 42.0 Å². The van der Waals surface area contributed by atoms with E-state index in [0.717, 1.165) is 37.1 Å². The molecule has 1 heterocycles. The molecule has 3 N–H and O–H groups in total. The summed E-state index contributed by atoms with van der Waals surface area (Å²) in [7, 11) is 0. The van der Waals surface area contributed by atoms with Gasteiger partial charge in [0, 0.05) is 25.2 Å². The zero-order chi connectivity index (χ0) is 19.1. The maximum absolute atomic E-state index is 12.4. The minimum Gasteiger partial charge on any atom is -0.352 e. The fraction of sp³-hybridized carbons (Fsp3) is 0.364. The third kappa shape index (κ3) is 6.36. The summed E-state index contributed by atoms with van der Waals surface area (Å²) in [6.07, 6.45) is 1.97. The van der Waals surface area contributed by atoms with Crippen molar-refractivity contribution in [3.8, 4) is 0 Å². The first-order valence-corrected chi connectivity index (χ1v) is 9.53. The second kappa shape index (κ2) is 10.8. The normalized spacial score (nSPS) is 16.0. The van der Waals surface area contributed by atoms with Gasteiger partial charge in [-0.3, -0.25) is 9.59 Å². The minimum atomic E-state index is -0.111. The Balaban J connectivity index is 0.00000280. The molecule has 1 fully saturated rings. The number of carbonyl (C=O) groups excluding carboxylic acids is 2. The van der Waals surface area contributed by atoms with Crippen LogP contribution in [0, 0.1) is 12.8 Å². The van der Waals surface area contributed by atoms with E-state index in [9.17, 15) is 9.59 Å². The molecule has 150 valence electrons. The van der Waals surface area contributed by atoms with Crippen LogP contribution in [0.3, 0.4) is 0 Å². The number of benzene rings is 2. The number of rotatable bonds is 6. The van der Waals surface area contributed by atoms with Crippen LogP contribution in [0.25, 0.3) is 0 Å². The van der Waals surface area contributed by atoms with E-state index in [1.54, 1.807) is 6.07 Å². The summed E-state index contributed by atoms with van der Waals surface area (Å²) in [6, 6.07) is 15.5. The zero-order valence-electron chi connectivity index (χ0n) is 16.2. The molecule has 1 unspecified atom stereocenters. The molecular formula is C22H28ClN3O2. The third-order valence-electron chi connectivity index (χ3n) is 4.90. The van der Waals surface area contributed by atoms with E-state index < -0.39 is 0 Å². The lowest BCUT2D eigenvalue weighted by molar-refractivity contribution is -0.125. The smallest absolute Gasteiger partial charge is 0.251 e. The predicted molar refractivity (Wildman–Crippen MR) is 113 cm³/mol. The van der Waals surface area contributed by atoms with E-state index in [4.69, 9.17) is 0 Å². The number of carbonyl (C=O) groups is 2. The molecule has 0 radical (unpaired) electrons. The van der Waals surface area contributed by atoms with E-state index >= 15 is 0 Å². The summed E-state index contributed by atoms with van der Waals surface area (Å²) in [5.74, 6) is 0.0106. The van der Waals surface area contributed by atoms with Gasteiger partial charge < -0.3 is 16.0 Å². The molecule has 0 aliphatic carbocycles. The Hall–Kier alpha value is -2.37. The summed E-state index contributed by atoms with van der Waals surface area (Å²) in [4.78, 5) is 24.7. The Morgan fingerprint density at radius 3 is 2.50 bits per heavy atom.